The molecule has 0 amide bonds. The van der Waals surface area contributed by atoms with Crippen molar-refractivity contribution >= 4 is 7.82 Å². The highest BCUT2D eigenvalue weighted by Gasteiger charge is 2.00. The van der Waals surface area contributed by atoms with Gasteiger partial charge in [0.25, 0.3) is 0 Å². The van der Waals surface area contributed by atoms with Crippen LogP contribution in [0, 0.1) is 0 Å². The van der Waals surface area contributed by atoms with Crippen molar-refractivity contribution in [2.24, 2.45) is 0 Å². The van der Waals surface area contributed by atoms with E-state index in [1.807, 2.05) is 0 Å². The Morgan fingerprint density at radius 1 is 0.577 bits per heavy atom. The largest absolute Gasteiger partial charge is 0.466 e. The van der Waals surface area contributed by atoms with Gasteiger partial charge in [-0.25, -0.2) is 4.57 Å². The summed E-state index contributed by atoms with van der Waals surface area (Å²) in [7, 11) is 8.00. The molecular weight excluding hydrogens is 353 g/mol. The maximum absolute atomic E-state index is 8.88. The van der Waals surface area contributed by atoms with Crippen LogP contribution in [-0.2, 0) is 4.57 Å². The molecule has 26 heavy (non-hydrogen) atoms. The molecule has 0 spiro atoms. The third-order valence-corrected chi connectivity index (χ3v) is 2.88. The highest BCUT2D eigenvalue weighted by Crippen LogP contribution is 2.25. The van der Waals surface area contributed by atoms with Gasteiger partial charge in [-0.3, -0.25) is 0 Å². The maximum Gasteiger partial charge on any atom is 0.466 e. The normalized spacial score (nSPS) is 10.6. The van der Waals surface area contributed by atoms with E-state index in [0.29, 0.717) is 0 Å². The van der Waals surface area contributed by atoms with Crippen LogP contribution in [0.1, 0.15) is 59.3 Å². The van der Waals surface area contributed by atoms with Crippen molar-refractivity contribution in [1.82, 2.24) is 14.7 Å². The Morgan fingerprint density at radius 3 is 0.769 bits per heavy atom. The zero-order chi connectivity index (χ0) is 21.6. The van der Waals surface area contributed by atoms with E-state index in [4.69, 9.17) is 19.2 Å². The van der Waals surface area contributed by atoms with Gasteiger partial charge in [0.15, 0.2) is 0 Å². The lowest BCUT2D eigenvalue weighted by Gasteiger charge is -2.05. The molecule has 0 atom stereocenters. The molecule has 0 heterocycles. The van der Waals surface area contributed by atoms with Crippen LogP contribution in [0.2, 0.25) is 0 Å². The lowest BCUT2D eigenvalue weighted by molar-refractivity contribution is 0.275. The smallest absolute Gasteiger partial charge is 0.309 e. The van der Waals surface area contributed by atoms with Gasteiger partial charge in [-0.2, -0.15) is 0 Å². The van der Waals surface area contributed by atoms with Gasteiger partial charge < -0.3 is 29.4 Å². The first-order chi connectivity index (χ1) is 11.8. The Balaban J connectivity index is -0.000000125. The molecule has 164 valence electrons. The van der Waals surface area contributed by atoms with Crippen molar-refractivity contribution < 1.29 is 19.2 Å². The number of unbranched alkanes of at least 4 members (excludes halogenated alkanes) is 3. The van der Waals surface area contributed by atoms with Gasteiger partial charge in [0.05, 0.1) is 0 Å². The molecule has 7 nitrogen and oxygen atoms in total. The molecule has 3 N–H and O–H groups in total. The predicted octanol–water partition coefficient (Wildman–Crippen LogP) is 3.12. The second kappa shape index (κ2) is 25.0. The molecular formula is C18H48N3O4P. The minimum Gasteiger partial charge on any atom is -0.309 e. The molecule has 0 rings (SSSR count). The van der Waals surface area contributed by atoms with Gasteiger partial charge in [-0.1, -0.05) is 40.0 Å². The van der Waals surface area contributed by atoms with Gasteiger partial charge in [0.2, 0.25) is 0 Å². The highest BCUT2D eigenvalue weighted by molar-refractivity contribution is 7.45. The Labute approximate surface area is 163 Å². The van der Waals surface area contributed by atoms with Crippen LogP contribution in [0.3, 0.4) is 0 Å². The van der Waals surface area contributed by atoms with E-state index in [-0.39, 0.29) is 0 Å². The fraction of sp³-hybridized carbons (Fsp3) is 1.00. The molecule has 0 fully saturated rings. The SMILES string of the molecule is CCCCN(C)C.CCCCN(C)C.CCCCN(C)C.O=P(O)(O)O. The lowest BCUT2D eigenvalue weighted by atomic mass is 10.3. The standard InChI is InChI=1S/3C6H15N.H3O4P/c3*1-4-5-6-7(2)3;1-5(2,3)4/h3*4-6H2,1-3H3;(H3,1,2,3,4). The van der Waals surface area contributed by atoms with Crippen molar-refractivity contribution in [3.05, 3.63) is 0 Å². The first-order valence-corrected chi connectivity index (χ1v) is 11.1. The van der Waals surface area contributed by atoms with Crippen LogP contribution in [0.25, 0.3) is 0 Å². The molecule has 0 aromatic rings. The van der Waals surface area contributed by atoms with Crippen molar-refractivity contribution in [1.29, 1.82) is 0 Å². The minimum absolute atomic E-state index is 1.23. The number of phosphoric acid groups is 1. The zero-order valence-corrected chi connectivity index (χ0v) is 19.8. The second-order valence-electron chi connectivity index (χ2n) is 6.98. The molecule has 0 saturated carbocycles. The van der Waals surface area contributed by atoms with Crippen LogP contribution in [0.5, 0.6) is 0 Å². The number of nitrogens with zero attached hydrogens (tertiary/aromatic N) is 3. The Kier molecular flexibility index (Phi) is 32.3. The summed E-state index contributed by atoms with van der Waals surface area (Å²) in [6, 6.07) is 0. The zero-order valence-electron chi connectivity index (χ0n) is 18.9. The van der Waals surface area contributed by atoms with Crippen molar-refractivity contribution in [3.8, 4) is 0 Å². The Morgan fingerprint density at radius 2 is 0.731 bits per heavy atom. The average Bonchev–Trinajstić information content (AvgIpc) is 2.48. The monoisotopic (exact) mass is 401 g/mol. The van der Waals surface area contributed by atoms with Crippen LogP contribution in [0.15, 0.2) is 0 Å². The third-order valence-electron chi connectivity index (χ3n) is 2.88. The van der Waals surface area contributed by atoms with E-state index in [9.17, 15) is 0 Å². The summed E-state index contributed by atoms with van der Waals surface area (Å²) < 4.78 is 8.88. The topological polar surface area (TPSA) is 87.5 Å². The molecule has 0 saturated heterocycles. The summed E-state index contributed by atoms with van der Waals surface area (Å²) >= 11 is 0. The quantitative estimate of drug-likeness (QED) is 0.512. The molecule has 0 aliphatic heterocycles. The van der Waals surface area contributed by atoms with Crippen LogP contribution in [-0.4, -0.2) is 91.3 Å². The molecule has 0 aromatic carbocycles. The lowest BCUT2D eigenvalue weighted by Crippen LogP contribution is -2.12. The van der Waals surface area contributed by atoms with Crippen LogP contribution in [0.4, 0.5) is 0 Å². The highest BCUT2D eigenvalue weighted by atomic mass is 31.2. The third kappa shape index (κ3) is 88.2. The molecule has 0 bridgehead atoms. The van der Waals surface area contributed by atoms with Gasteiger partial charge in [-0.05, 0) is 81.2 Å². The van der Waals surface area contributed by atoms with Crippen LogP contribution >= 0.6 is 7.82 Å². The van der Waals surface area contributed by atoms with E-state index < -0.39 is 7.82 Å². The summed E-state index contributed by atoms with van der Waals surface area (Å²) in [4.78, 5) is 28.2. The first kappa shape index (κ1) is 33.6. The van der Waals surface area contributed by atoms with E-state index in [0.717, 1.165) is 0 Å². The maximum atomic E-state index is 8.88. The van der Waals surface area contributed by atoms with Crippen molar-refractivity contribution in [2.75, 3.05) is 61.9 Å². The summed E-state index contributed by atoms with van der Waals surface area (Å²) in [6.07, 6.45) is 7.89. The summed E-state index contributed by atoms with van der Waals surface area (Å²) in [6.45, 7) is 10.3. The predicted molar refractivity (Wildman–Crippen MR) is 115 cm³/mol. The number of hydrogen-bond donors (Lipinski definition) is 3. The first-order valence-electron chi connectivity index (χ1n) is 9.54. The van der Waals surface area contributed by atoms with Crippen molar-refractivity contribution in [2.45, 2.75) is 59.3 Å². The van der Waals surface area contributed by atoms with Gasteiger partial charge in [-0.15, -0.1) is 0 Å². The van der Waals surface area contributed by atoms with E-state index in [2.05, 4.69) is 77.8 Å². The fourth-order valence-corrected chi connectivity index (χ4v) is 1.42. The molecule has 8 heteroatoms. The van der Waals surface area contributed by atoms with Crippen molar-refractivity contribution in [3.63, 3.8) is 0 Å². The summed E-state index contributed by atoms with van der Waals surface area (Å²) in [5, 5.41) is 0. The fourth-order valence-electron chi connectivity index (χ4n) is 1.42. The van der Waals surface area contributed by atoms with E-state index in [1.54, 1.807) is 0 Å². The average molecular weight is 402 g/mol. The van der Waals surface area contributed by atoms with Gasteiger partial charge >= 0.3 is 7.82 Å². The minimum atomic E-state index is -4.64. The Bertz CT molecular complexity index is 249. The van der Waals surface area contributed by atoms with E-state index >= 15 is 0 Å². The summed E-state index contributed by atoms with van der Waals surface area (Å²) in [5.74, 6) is 0. The molecule has 0 unspecified atom stereocenters. The molecule has 0 aliphatic rings. The Hall–Kier alpha value is -0.0100. The van der Waals surface area contributed by atoms with Crippen LogP contribution < -0.4 is 0 Å². The second-order valence-corrected chi connectivity index (χ2v) is 8.01. The number of rotatable bonds is 9. The van der Waals surface area contributed by atoms with Gasteiger partial charge in [0, 0.05) is 0 Å². The summed E-state index contributed by atoms with van der Waals surface area (Å²) in [5.41, 5.74) is 0. The van der Waals surface area contributed by atoms with E-state index in [1.165, 1.54) is 58.2 Å². The molecule has 0 radical (unpaired) electrons. The van der Waals surface area contributed by atoms with Gasteiger partial charge in [0.1, 0.15) is 0 Å². The molecule has 0 aliphatic carbocycles. The number of hydrogen-bond acceptors (Lipinski definition) is 4. The molecule has 0 aromatic heterocycles.